The number of hydrogen-bond acceptors (Lipinski definition) is 1. The first kappa shape index (κ1) is 25.5. The van der Waals surface area contributed by atoms with Crippen molar-refractivity contribution in [1.82, 2.24) is 0 Å². The molecule has 0 aliphatic rings. The maximum Gasteiger partial charge on any atom is 2.00 e. The fourth-order valence-corrected chi connectivity index (χ4v) is 1.07. The van der Waals surface area contributed by atoms with E-state index in [-0.39, 0.29) is 37.7 Å². The molecule has 0 spiro atoms. The molecule has 20 heavy (non-hydrogen) atoms. The zero-order chi connectivity index (χ0) is 15.1. The van der Waals surface area contributed by atoms with Crippen molar-refractivity contribution in [3.05, 3.63) is 43.3 Å². The molecule has 0 unspecified atom stereocenters. The summed E-state index contributed by atoms with van der Waals surface area (Å²) in [7, 11) is -4.64. The van der Waals surface area contributed by atoms with E-state index in [0.717, 1.165) is 12.3 Å². The first-order valence-corrected chi connectivity index (χ1v) is 7.82. The smallest absolute Gasteiger partial charge is 0.343 e. The molecule has 0 bridgehead atoms. The third-order valence-electron chi connectivity index (χ3n) is 1.89. The van der Waals surface area contributed by atoms with Gasteiger partial charge in [0.2, 0.25) is 0 Å². The van der Waals surface area contributed by atoms with E-state index >= 15 is 0 Å². The number of rotatable bonds is 4. The number of unbranched alkanes of at least 4 members (excludes halogenated alkanes) is 2. The van der Waals surface area contributed by atoms with Gasteiger partial charge in [0.25, 0.3) is 0 Å². The Kier molecular flexibility index (Phi) is 22.5. The summed E-state index contributed by atoms with van der Waals surface area (Å²) in [6.07, 6.45) is 5.14. The molecule has 0 fully saturated rings. The molecule has 0 saturated heterocycles. The predicted molar refractivity (Wildman–Crippen MR) is 84.0 cm³/mol. The van der Waals surface area contributed by atoms with E-state index in [9.17, 15) is 0 Å². The average Bonchev–Trinajstić information content (AvgIpc) is 2.30. The van der Waals surface area contributed by atoms with Gasteiger partial charge in [-0.2, -0.15) is 42.8 Å². The van der Waals surface area contributed by atoms with Crippen LogP contribution >= 0.6 is 7.82 Å². The molecule has 0 amide bonds. The first-order valence-electron chi connectivity index (χ1n) is 6.26. The summed E-state index contributed by atoms with van der Waals surface area (Å²) >= 11 is 0. The topological polar surface area (TPSA) is 77.8 Å². The summed E-state index contributed by atoms with van der Waals surface area (Å²) in [6.45, 7) is 8.32. The van der Waals surface area contributed by atoms with Gasteiger partial charge in [0.1, 0.15) is 0 Å². The van der Waals surface area contributed by atoms with Gasteiger partial charge in [-0.25, -0.2) is 4.57 Å². The Morgan fingerprint density at radius 3 is 1.75 bits per heavy atom. The second kappa shape index (κ2) is 17.6. The fourth-order valence-electron chi connectivity index (χ4n) is 1.07. The Hall–Kier alpha value is 0.590. The molecule has 1 aromatic rings. The van der Waals surface area contributed by atoms with Gasteiger partial charge in [-0.15, -0.1) is 0 Å². The van der Waals surface area contributed by atoms with Crippen LogP contribution in [0.1, 0.15) is 39.5 Å². The van der Waals surface area contributed by atoms with Crippen LogP contribution in [0.4, 0.5) is 0 Å². The van der Waals surface area contributed by atoms with E-state index in [1.54, 1.807) is 0 Å². The molecule has 6 heteroatoms. The van der Waals surface area contributed by atoms with E-state index in [1.807, 2.05) is 30.3 Å². The Morgan fingerprint density at radius 1 is 1.10 bits per heavy atom. The Morgan fingerprint density at radius 2 is 1.55 bits per heavy atom. The average molecular weight is 328 g/mol. The van der Waals surface area contributed by atoms with E-state index in [4.69, 9.17) is 19.2 Å². The van der Waals surface area contributed by atoms with Gasteiger partial charge in [0.15, 0.2) is 0 Å². The number of benzene rings is 1. The van der Waals surface area contributed by atoms with E-state index in [2.05, 4.69) is 26.8 Å². The van der Waals surface area contributed by atoms with Gasteiger partial charge in [-0.05, 0) is 5.92 Å². The number of hydrogen-bond donors (Lipinski definition) is 3. The van der Waals surface area contributed by atoms with Gasteiger partial charge in [0.05, 0.1) is 0 Å². The van der Waals surface area contributed by atoms with Gasteiger partial charge in [-0.3, -0.25) is 0 Å². The van der Waals surface area contributed by atoms with Crippen molar-refractivity contribution in [2.24, 2.45) is 5.92 Å². The van der Waals surface area contributed by atoms with Crippen molar-refractivity contribution < 1.29 is 19.2 Å². The second-order valence-corrected chi connectivity index (χ2v) is 5.36. The molecule has 1 aromatic carbocycles. The van der Waals surface area contributed by atoms with Crippen molar-refractivity contribution in [3.63, 3.8) is 0 Å². The molecule has 112 valence electrons. The molecule has 0 aliphatic heterocycles. The Bertz CT molecular complexity index is 279. The van der Waals surface area contributed by atoms with Crippen molar-refractivity contribution in [3.8, 4) is 0 Å². The maximum absolute atomic E-state index is 8.88. The minimum absolute atomic E-state index is 0. The predicted octanol–water partition coefficient (Wildman–Crippen LogP) is 3.21. The zero-order valence-corrected chi connectivity index (χ0v) is 15.5. The van der Waals surface area contributed by atoms with Crippen LogP contribution in [-0.2, 0) is 4.57 Å². The quantitative estimate of drug-likeness (QED) is 0.343. The van der Waals surface area contributed by atoms with Gasteiger partial charge < -0.3 is 21.6 Å². The Balaban J connectivity index is -0.000000217. The summed E-state index contributed by atoms with van der Waals surface area (Å²) in [5.41, 5.74) is 0. The molecule has 0 heterocycles. The first-order chi connectivity index (χ1) is 8.77. The largest absolute Gasteiger partial charge is 2.00 e. The minimum atomic E-state index is -4.64. The zero-order valence-electron chi connectivity index (χ0n) is 12.4. The van der Waals surface area contributed by atoms with Crippen molar-refractivity contribution in [1.29, 1.82) is 0 Å². The third-order valence-corrected chi connectivity index (χ3v) is 1.89. The molecule has 0 radical (unpaired) electrons. The Labute approximate surface area is 152 Å². The van der Waals surface area contributed by atoms with Crippen molar-refractivity contribution >= 4 is 45.6 Å². The fraction of sp³-hybridized carbons (Fsp3) is 0.500. The van der Waals surface area contributed by atoms with Crippen molar-refractivity contribution in [2.75, 3.05) is 0 Å². The molecule has 0 aliphatic carbocycles. The van der Waals surface area contributed by atoms with Crippen LogP contribution in [0.15, 0.2) is 30.3 Å². The molecule has 1 rings (SSSR count). The molecule has 3 N–H and O–H groups in total. The van der Waals surface area contributed by atoms with Crippen LogP contribution in [-0.4, -0.2) is 52.4 Å². The monoisotopic (exact) mass is 328 g/mol. The molecule has 0 aromatic heterocycles. The summed E-state index contributed by atoms with van der Waals surface area (Å²) in [4.78, 5) is 21.6. The van der Waals surface area contributed by atoms with Gasteiger partial charge in [-0.1, -0.05) is 33.1 Å². The number of phosphoric acid groups is 1. The molecular formula is C14H25CaO4P. The van der Waals surface area contributed by atoms with Crippen LogP contribution in [0, 0.1) is 18.9 Å². The second-order valence-electron chi connectivity index (χ2n) is 4.33. The summed E-state index contributed by atoms with van der Waals surface area (Å²) in [6, 6.07) is 12.5. The summed E-state index contributed by atoms with van der Waals surface area (Å²) < 4.78 is 8.88. The molecule has 0 atom stereocenters. The van der Waals surface area contributed by atoms with Crippen LogP contribution in [0.3, 0.4) is 0 Å². The van der Waals surface area contributed by atoms with E-state index in [0.29, 0.717) is 0 Å². The minimum Gasteiger partial charge on any atom is -0.343 e. The van der Waals surface area contributed by atoms with Crippen LogP contribution in [0.2, 0.25) is 0 Å². The van der Waals surface area contributed by atoms with Crippen molar-refractivity contribution in [2.45, 2.75) is 39.5 Å². The SMILES string of the molecule is O=P(O)(O)O.[CH2-]CCCCC(C)C.[Ca+2].[c-]1ccccc1. The van der Waals surface area contributed by atoms with Crippen LogP contribution in [0.25, 0.3) is 0 Å². The molecule has 4 nitrogen and oxygen atoms in total. The van der Waals surface area contributed by atoms with E-state index < -0.39 is 7.82 Å². The van der Waals surface area contributed by atoms with Crippen LogP contribution < -0.4 is 0 Å². The third kappa shape index (κ3) is 42.8. The normalized spacial score (nSPS) is 9.55. The summed E-state index contributed by atoms with van der Waals surface area (Å²) in [5.74, 6) is 0.876. The van der Waals surface area contributed by atoms with Gasteiger partial charge in [0, 0.05) is 0 Å². The summed E-state index contributed by atoms with van der Waals surface area (Å²) in [5, 5.41) is 0. The van der Waals surface area contributed by atoms with Crippen LogP contribution in [0.5, 0.6) is 0 Å². The molecule has 0 saturated carbocycles. The molecular weight excluding hydrogens is 303 g/mol. The van der Waals surface area contributed by atoms with E-state index in [1.165, 1.54) is 19.3 Å². The standard InChI is InChI=1S/C8H17.C6H5.Ca.H3O4P/c1-4-5-6-7-8(2)3;1-2-4-6-5-3-1;;1-5(2,3)4/h8H,1,4-7H2,2-3H3;1-5H;;(H3,1,2,3,4)/q2*-1;+2;. The maximum atomic E-state index is 8.88. The van der Waals surface area contributed by atoms with Gasteiger partial charge >= 0.3 is 45.6 Å².